The first-order valence-electron chi connectivity index (χ1n) is 7.16. The van der Waals surface area contributed by atoms with E-state index in [0.29, 0.717) is 18.1 Å². The van der Waals surface area contributed by atoms with E-state index in [4.69, 9.17) is 4.74 Å². The van der Waals surface area contributed by atoms with E-state index >= 15 is 0 Å². The van der Waals surface area contributed by atoms with Gasteiger partial charge in [0, 0.05) is 12.8 Å². The molecule has 3 rings (SSSR count). The van der Waals surface area contributed by atoms with Crippen LogP contribution in [0.15, 0.2) is 54.6 Å². The molecule has 0 amide bonds. The molecule has 0 unspecified atom stereocenters. The molecule has 1 aliphatic carbocycles. The van der Waals surface area contributed by atoms with Crippen LogP contribution in [-0.2, 0) is 4.79 Å². The Hall–Kier alpha value is -2.09. The normalized spacial score (nSPS) is 18.8. The number of rotatable bonds is 3. The molecule has 1 saturated carbocycles. The van der Waals surface area contributed by atoms with Gasteiger partial charge in [-0.3, -0.25) is 4.79 Å². The summed E-state index contributed by atoms with van der Waals surface area (Å²) in [4.78, 5) is 11.5. The number of hydrogen-bond donors (Lipinski definition) is 0. The van der Waals surface area contributed by atoms with Crippen LogP contribution >= 0.6 is 0 Å². The first kappa shape index (κ1) is 12.9. The van der Waals surface area contributed by atoms with E-state index in [0.717, 1.165) is 30.8 Å². The Balaban J connectivity index is 1.69. The maximum atomic E-state index is 11.5. The topological polar surface area (TPSA) is 26.3 Å². The Morgan fingerprint density at radius 1 is 0.900 bits per heavy atom. The lowest BCUT2D eigenvalue weighted by molar-refractivity contribution is -0.120. The van der Waals surface area contributed by atoms with E-state index in [1.807, 2.05) is 42.5 Å². The smallest absolute Gasteiger partial charge is 0.133 e. The van der Waals surface area contributed by atoms with Gasteiger partial charge in [-0.1, -0.05) is 30.3 Å². The molecule has 20 heavy (non-hydrogen) atoms. The Morgan fingerprint density at radius 2 is 1.60 bits per heavy atom. The minimum atomic E-state index is 0.391. The molecule has 0 N–H and O–H groups in total. The van der Waals surface area contributed by atoms with Gasteiger partial charge in [0.25, 0.3) is 0 Å². The Labute approximate surface area is 119 Å². The predicted molar refractivity (Wildman–Crippen MR) is 79.2 cm³/mol. The van der Waals surface area contributed by atoms with E-state index in [1.165, 1.54) is 5.56 Å². The molecule has 2 aromatic rings. The van der Waals surface area contributed by atoms with Crippen molar-refractivity contribution in [3.05, 3.63) is 60.2 Å². The lowest BCUT2D eigenvalue weighted by Gasteiger charge is -2.21. The first-order valence-corrected chi connectivity index (χ1v) is 7.16. The zero-order valence-electron chi connectivity index (χ0n) is 11.4. The van der Waals surface area contributed by atoms with Crippen LogP contribution in [0, 0.1) is 0 Å². The van der Waals surface area contributed by atoms with Crippen molar-refractivity contribution >= 4 is 5.78 Å². The lowest BCUT2D eigenvalue weighted by atomic mass is 9.83. The molecular formula is C18H18O2. The van der Waals surface area contributed by atoms with Crippen molar-refractivity contribution in [2.75, 3.05) is 0 Å². The number of carbonyl (C=O) groups is 1. The second kappa shape index (κ2) is 5.91. The van der Waals surface area contributed by atoms with E-state index in [9.17, 15) is 4.79 Å². The number of hydrogen-bond acceptors (Lipinski definition) is 2. The summed E-state index contributed by atoms with van der Waals surface area (Å²) in [6, 6.07) is 17.9. The van der Waals surface area contributed by atoms with Gasteiger partial charge in [-0.05, 0) is 48.6 Å². The molecule has 0 aliphatic heterocycles. The van der Waals surface area contributed by atoms with Gasteiger partial charge in [-0.15, -0.1) is 0 Å². The molecule has 0 radical (unpaired) electrons. The monoisotopic (exact) mass is 266 g/mol. The number of carbonyl (C=O) groups excluding carboxylic acids is 1. The molecule has 0 aromatic heterocycles. The molecule has 0 saturated heterocycles. The van der Waals surface area contributed by atoms with Crippen molar-refractivity contribution in [1.29, 1.82) is 0 Å². The van der Waals surface area contributed by atoms with Crippen LogP contribution in [0.2, 0.25) is 0 Å². The summed E-state index contributed by atoms with van der Waals surface area (Å²) in [5, 5.41) is 0. The van der Waals surface area contributed by atoms with Gasteiger partial charge in [0.05, 0.1) is 0 Å². The fourth-order valence-electron chi connectivity index (χ4n) is 2.74. The van der Waals surface area contributed by atoms with Gasteiger partial charge in [0.15, 0.2) is 0 Å². The third-order valence-electron chi connectivity index (χ3n) is 3.81. The van der Waals surface area contributed by atoms with Gasteiger partial charge >= 0.3 is 0 Å². The van der Waals surface area contributed by atoms with Crippen LogP contribution in [0.1, 0.15) is 37.2 Å². The molecule has 2 nitrogen and oxygen atoms in total. The lowest BCUT2D eigenvalue weighted by Crippen LogP contribution is -2.13. The summed E-state index contributed by atoms with van der Waals surface area (Å²) in [5.74, 6) is 2.46. The molecule has 1 aliphatic rings. The van der Waals surface area contributed by atoms with Crippen LogP contribution < -0.4 is 4.74 Å². The molecule has 0 spiro atoms. The highest BCUT2D eigenvalue weighted by Gasteiger charge is 2.20. The van der Waals surface area contributed by atoms with Gasteiger partial charge in [0.2, 0.25) is 0 Å². The zero-order chi connectivity index (χ0) is 13.8. The molecule has 0 heterocycles. The fourth-order valence-corrected chi connectivity index (χ4v) is 2.74. The van der Waals surface area contributed by atoms with Crippen molar-refractivity contribution < 1.29 is 9.53 Å². The highest BCUT2D eigenvalue weighted by atomic mass is 16.5. The van der Waals surface area contributed by atoms with Gasteiger partial charge < -0.3 is 4.74 Å². The zero-order valence-corrected chi connectivity index (χ0v) is 11.4. The second-order valence-electron chi connectivity index (χ2n) is 5.32. The largest absolute Gasteiger partial charge is 0.457 e. The minimum Gasteiger partial charge on any atom is -0.457 e. The maximum Gasteiger partial charge on any atom is 0.133 e. The summed E-state index contributed by atoms with van der Waals surface area (Å²) in [7, 11) is 0. The number of para-hydroxylation sites is 1. The molecule has 2 heteroatoms. The predicted octanol–water partition coefficient (Wildman–Crippen LogP) is 4.71. The summed E-state index contributed by atoms with van der Waals surface area (Å²) in [6.07, 6.45) is 3.58. The summed E-state index contributed by atoms with van der Waals surface area (Å²) in [6.45, 7) is 0. The first-order chi connectivity index (χ1) is 9.81. The third-order valence-corrected chi connectivity index (χ3v) is 3.81. The molecule has 2 aromatic carbocycles. The van der Waals surface area contributed by atoms with Gasteiger partial charge in [0.1, 0.15) is 17.3 Å². The van der Waals surface area contributed by atoms with Gasteiger partial charge in [-0.2, -0.15) is 0 Å². The van der Waals surface area contributed by atoms with E-state index in [-0.39, 0.29) is 0 Å². The maximum absolute atomic E-state index is 11.5. The number of ether oxygens (including phenoxy) is 1. The van der Waals surface area contributed by atoms with Crippen molar-refractivity contribution in [3.8, 4) is 11.5 Å². The van der Waals surface area contributed by atoms with Crippen molar-refractivity contribution in [1.82, 2.24) is 0 Å². The van der Waals surface area contributed by atoms with Crippen LogP contribution in [0.5, 0.6) is 11.5 Å². The fraction of sp³-hybridized carbons (Fsp3) is 0.278. The Kier molecular flexibility index (Phi) is 3.82. The minimum absolute atomic E-state index is 0.391. The molecule has 1 fully saturated rings. The number of ketones is 1. The SMILES string of the molecule is O=C1CCC[C@H](c2ccc(Oc3ccccc3)cc2)C1. The second-order valence-corrected chi connectivity index (χ2v) is 5.32. The highest BCUT2D eigenvalue weighted by molar-refractivity contribution is 5.80. The molecule has 102 valence electrons. The standard InChI is InChI=1S/C18H18O2/c19-16-6-4-5-15(13-16)14-9-11-18(12-10-14)20-17-7-2-1-3-8-17/h1-3,7-12,15H,4-6,13H2/t15-/m0/s1. The highest BCUT2D eigenvalue weighted by Crippen LogP contribution is 2.32. The van der Waals surface area contributed by atoms with E-state index < -0.39 is 0 Å². The molecular weight excluding hydrogens is 248 g/mol. The van der Waals surface area contributed by atoms with Crippen molar-refractivity contribution in [3.63, 3.8) is 0 Å². The van der Waals surface area contributed by atoms with E-state index in [2.05, 4.69) is 12.1 Å². The average molecular weight is 266 g/mol. The van der Waals surface area contributed by atoms with Crippen molar-refractivity contribution in [2.45, 2.75) is 31.6 Å². The van der Waals surface area contributed by atoms with Crippen LogP contribution in [-0.4, -0.2) is 5.78 Å². The Bertz CT molecular complexity index is 572. The average Bonchev–Trinajstić information content (AvgIpc) is 2.49. The van der Waals surface area contributed by atoms with Crippen LogP contribution in [0.3, 0.4) is 0 Å². The number of Topliss-reactive ketones (excluding diaryl/α,β-unsaturated/α-hetero) is 1. The quantitative estimate of drug-likeness (QED) is 0.804. The van der Waals surface area contributed by atoms with Crippen LogP contribution in [0.4, 0.5) is 0 Å². The summed E-state index contributed by atoms with van der Waals surface area (Å²) in [5.41, 5.74) is 1.25. The van der Waals surface area contributed by atoms with Crippen LogP contribution in [0.25, 0.3) is 0 Å². The van der Waals surface area contributed by atoms with Crippen molar-refractivity contribution in [2.24, 2.45) is 0 Å². The third kappa shape index (κ3) is 3.08. The number of benzene rings is 2. The summed E-state index contributed by atoms with van der Waals surface area (Å²) < 4.78 is 5.77. The summed E-state index contributed by atoms with van der Waals surface area (Å²) >= 11 is 0. The van der Waals surface area contributed by atoms with Gasteiger partial charge in [-0.25, -0.2) is 0 Å². The Morgan fingerprint density at radius 3 is 2.30 bits per heavy atom. The van der Waals surface area contributed by atoms with E-state index in [1.54, 1.807) is 0 Å². The molecule has 0 bridgehead atoms. The molecule has 1 atom stereocenters.